The molecule has 2 heterocycles. The summed E-state index contributed by atoms with van der Waals surface area (Å²) in [6.07, 6.45) is 6.45. The van der Waals surface area contributed by atoms with E-state index in [1.807, 2.05) is 25.1 Å². The number of rotatable bonds is 4. The average Bonchev–Trinajstić information content (AvgIpc) is 3.00. The average molecular weight is 378 g/mol. The molecule has 4 rings (SSSR count). The number of carbonyl (C=O) groups excluding carboxylic acids is 2. The normalized spacial score (nSPS) is 13.8. The first-order valence-corrected chi connectivity index (χ1v) is 9.56. The van der Waals surface area contributed by atoms with Crippen LogP contribution in [0.4, 0.5) is 0 Å². The highest BCUT2D eigenvalue weighted by molar-refractivity contribution is 6.10. The molecule has 0 unspecified atom stereocenters. The van der Waals surface area contributed by atoms with Crippen LogP contribution in [-0.4, -0.2) is 28.3 Å². The second-order valence-corrected chi connectivity index (χ2v) is 7.28. The summed E-state index contributed by atoms with van der Waals surface area (Å²) < 4.78 is 5.18. The third-order valence-corrected chi connectivity index (χ3v) is 5.36. The first kappa shape index (κ1) is 18.2. The van der Waals surface area contributed by atoms with Crippen molar-refractivity contribution < 1.29 is 14.3 Å². The van der Waals surface area contributed by atoms with Crippen molar-refractivity contribution in [3.05, 3.63) is 68.8 Å². The lowest BCUT2D eigenvalue weighted by Gasteiger charge is -2.08. The molecule has 0 radical (unpaired) electrons. The summed E-state index contributed by atoms with van der Waals surface area (Å²) in [4.78, 5) is 43.2. The number of fused-ring (bicyclic) bond motifs is 2. The van der Waals surface area contributed by atoms with Crippen molar-refractivity contribution in [1.82, 2.24) is 9.97 Å². The number of nitrogens with one attached hydrogen (secondary N) is 2. The minimum atomic E-state index is -0.766. The summed E-state index contributed by atoms with van der Waals surface area (Å²) in [6, 6.07) is 7.35. The molecule has 6 nitrogen and oxygen atoms in total. The molecule has 0 fully saturated rings. The van der Waals surface area contributed by atoms with Crippen molar-refractivity contribution in [1.29, 1.82) is 0 Å². The van der Waals surface area contributed by atoms with E-state index in [-0.39, 0.29) is 11.3 Å². The first-order valence-electron chi connectivity index (χ1n) is 9.56. The highest BCUT2D eigenvalue weighted by atomic mass is 16.5. The maximum Gasteiger partial charge on any atom is 0.344 e. The number of hydrogen-bond acceptors (Lipinski definition) is 4. The number of ketones is 1. The highest BCUT2D eigenvalue weighted by Gasteiger charge is 2.20. The van der Waals surface area contributed by atoms with Gasteiger partial charge >= 0.3 is 5.97 Å². The number of aromatic amines is 2. The van der Waals surface area contributed by atoms with Gasteiger partial charge in [-0.1, -0.05) is 18.6 Å². The Kier molecular flexibility index (Phi) is 4.86. The topological polar surface area (TPSA) is 92.0 Å². The van der Waals surface area contributed by atoms with Crippen LogP contribution in [0.15, 0.2) is 35.3 Å². The number of aryl methyl sites for hydroxylation is 3. The van der Waals surface area contributed by atoms with E-state index in [1.165, 1.54) is 0 Å². The molecule has 6 heteroatoms. The summed E-state index contributed by atoms with van der Waals surface area (Å²) in [5.74, 6) is -1.07. The van der Waals surface area contributed by atoms with Crippen LogP contribution < -0.4 is 5.56 Å². The molecule has 0 saturated carbocycles. The third kappa shape index (κ3) is 3.38. The molecule has 0 amide bonds. The lowest BCUT2D eigenvalue weighted by molar-refractivity contribution is 0.0473. The van der Waals surface area contributed by atoms with Gasteiger partial charge in [-0.15, -0.1) is 0 Å². The maximum absolute atomic E-state index is 12.6. The van der Waals surface area contributed by atoms with Crippen LogP contribution >= 0.6 is 0 Å². The number of esters is 1. The Morgan fingerprint density at radius 3 is 2.79 bits per heavy atom. The Labute approximate surface area is 161 Å². The number of pyridine rings is 1. The van der Waals surface area contributed by atoms with Crippen LogP contribution in [0, 0.1) is 6.92 Å². The predicted octanol–water partition coefficient (Wildman–Crippen LogP) is 3.47. The predicted molar refractivity (Wildman–Crippen MR) is 106 cm³/mol. The van der Waals surface area contributed by atoms with Gasteiger partial charge in [0.15, 0.2) is 6.61 Å². The Bertz CT molecular complexity index is 1120. The van der Waals surface area contributed by atoms with Crippen LogP contribution in [0.3, 0.4) is 0 Å². The van der Waals surface area contributed by atoms with Crippen LogP contribution in [0.25, 0.3) is 10.9 Å². The summed E-state index contributed by atoms with van der Waals surface area (Å²) in [5, 5.41) is 0.825. The van der Waals surface area contributed by atoms with Crippen LogP contribution in [0.2, 0.25) is 0 Å². The number of carbonyl (C=O) groups is 2. The second kappa shape index (κ2) is 7.46. The van der Waals surface area contributed by atoms with E-state index in [4.69, 9.17) is 4.74 Å². The van der Waals surface area contributed by atoms with Gasteiger partial charge in [-0.25, -0.2) is 4.79 Å². The number of hydrogen-bond donors (Lipinski definition) is 2. The minimum absolute atomic E-state index is 0.0384. The lowest BCUT2D eigenvalue weighted by atomic mass is 10.0. The molecule has 1 aromatic carbocycles. The van der Waals surface area contributed by atoms with Gasteiger partial charge in [0.05, 0.1) is 0 Å². The van der Waals surface area contributed by atoms with Crippen molar-refractivity contribution >= 4 is 22.7 Å². The van der Waals surface area contributed by atoms with Gasteiger partial charge in [-0.2, -0.15) is 0 Å². The summed E-state index contributed by atoms with van der Waals surface area (Å²) in [6.45, 7) is 1.52. The van der Waals surface area contributed by atoms with E-state index in [0.717, 1.165) is 59.8 Å². The SMILES string of the molecule is Cc1cccc2[nH]cc(C(=O)COC(=O)c3cc4c([nH]c3=O)CCCCC4)c12. The fourth-order valence-electron chi connectivity index (χ4n) is 3.88. The summed E-state index contributed by atoms with van der Waals surface area (Å²) >= 11 is 0. The number of benzene rings is 1. The van der Waals surface area contributed by atoms with E-state index < -0.39 is 18.1 Å². The number of H-pyrrole nitrogens is 2. The third-order valence-electron chi connectivity index (χ3n) is 5.36. The first-order chi connectivity index (χ1) is 13.5. The maximum atomic E-state index is 12.6. The van der Waals surface area contributed by atoms with Gasteiger partial charge in [0.2, 0.25) is 5.78 Å². The molecule has 2 aromatic heterocycles. The molecule has 0 atom stereocenters. The summed E-state index contributed by atoms with van der Waals surface area (Å²) in [7, 11) is 0. The van der Waals surface area contributed by atoms with Gasteiger partial charge in [0.1, 0.15) is 5.56 Å². The van der Waals surface area contributed by atoms with Crippen molar-refractivity contribution in [3.63, 3.8) is 0 Å². The van der Waals surface area contributed by atoms with Crippen molar-refractivity contribution in [2.45, 2.75) is 39.0 Å². The molecule has 28 heavy (non-hydrogen) atoms. The Hall–Kier alpha value is -3.15. The number of aromatic nitrogens is 2. The van der Waals surface area contributed by atoms with Crippen molar-refractivity contribution in [3.8, 4) is 0 Å². The standard InChI is InChI=1S/C22H22N2O4/c1-13-6-5-9-18-20(13)16(11-23-18)19(25)12-28-22(27)15-10-14-7-3-2-4-8-17(14)24-21(15)26/h5-6,9-11,23H,2-4,7-8,12H2,1H3,(H,24,26). The highest BCUT2D eigenvalue weighted by Crippen LogP contribution is 2.23. The summed E-state index contributed by atoms with van der Waals surface area (Å²) in [5.41, 5.74) is 3.71. The fourth-order valence-corrected chi connectivity index (χ4v) is 3.88. The number of ether oxygens (including phenoxy) is 1. The van der Waals surface area contributed by atoms with Gasteiger partial charge in [-0.3, -0.25) is 9.59 Å². The molecule has 3 aromatic rings. The second-order valence-electron chi connectivity index (χ2n) is 7.28. The van der Waals surface area contributed by atoms with Gasteiger partial charge in [0.25, 0.3) is 5.56 Å². The molecule has 144 valence electrons. The molecule has 0 saturated heterocycles. The minimum Gasteiger partial charge on any atom is -0.454 e. The smallest absolute Gasteiger partial charge is 0.344 e. The Morgan fingerprint density at radius 2 is 1.93 bits per heavy atom. The van der Waals surface area contributed by atoms with Gasteiger partial charge < -0.3 is 14.7 Å². The molecule has 0 spiro atoms. The molecule has 1 aliphatic carbocycles. The zero-order valence-corrected chi connectivity index (χ0v) is 15.8. The van der Waals surface area contributed by atoms with E-state index in [2.05, 4.69) is 9.97 Å². The molecule has 0 aliphatic heterocycles. The lowest BCUT2D eigenvalue weighted by Crippen LogP contribution is -2.24. The van der Waals surface area contributed by atoms with Crippen LogP contribution in [0.1, 0.15) is 56.8 Å². The fraction of sp³-hybridized carbons (Fsp3) is 0.318. The Balaban J connectivity index is 1.52. The van der Waals surface area contributed by atoms with E-state index in [1.54, 1.807) is 12.3 Å². The molecule has 0 bridgehead atoms. The van der Waals surface area contributed by atoms with E-state index in [0.29, 0.717) is 5.56 Å². The van der Waals surface area contributed by atoms with Gasteiger partial charge in [-0.05, 0) is 55.9 Å². The van der Waals surface area contributed by atoms with E-state index >= 15 is 0 Å². The number of Topliss-reactive ketones (excluding diaryl/α,β-unsaturated/α-hetero) is 1. The van der Waals surface area contributed by atoms with Crippen molar-refractivity contribution in [2.24, 2.45) is 0 Å². The monoisotopic (exact) mass is 378 g/mol. The van der Waals surface area contributed by atoms with Crippen molar-refractivity contribution in [2.75, 3.05) is 6.61 Å². The largest absolute Gasteiger partial charge is 0.454 e. The molecule has 1 aliphatic rings. The zero-order valence-electron chi connectivity index (χ0n) is 15.8. The quantitative estimate of drug-likeness (QED) is 0.413. The molecule has 2 N–H and O–H groups in total. The van der Waals surface area contributed by atoms with E-state index in [9.17, 15) is 14.4 Å². The molecular weight excluding hydrogens is 356 g/mol. The Morgan fingerprint density at radius 1 is 1.11 bits per heavy atom. The van der Waals surface area contributed by atoms with Gasteiger partial charge in [0, 0.05) is 28.4 Å². The molecular formula is C22H22N2O4. The van der Waals surface area contributed by atoms with Crippen LogP contribution in [-0.2, 0) is 17.6 Å². The van der Waals surface area contributed by atoms with Crippen LogP contribution in [0.5, 0.6) is 0 Å². The zero-order chi connectivity index (χ0) is 19.7.